The van der Waals surface area contributed by atoms with Gasteiger partial charge in [-0.05, 0) is 42.5 Å². The molecule has 0 unspecified atom stereocenters. The lowest BCUT2D eigenvalue weighted by molar-refractivity contribution is -0.143. The fourth-order valence-corrected chi connectivity index (χ4v) is 2.94. The number of aromatic hydroxyl groups is 1. The molecule has 3 rings (SSSR count). The minimum Gasteiger partial charge on any atom is -0.508 e. The molecule has 162 valence electrons. The predicted molar refractivity (Wildman–Crippen MR) is 106 cm³/mol. The lowest BCUT2D eigenvalue weighted by Gasteiger charge is -2.13. The van der Waals surface area contributed by atoms with E-state index in [1.807, 2.05) is 0 Å². The van der Waals surface area contributed by atoms with E-state index >= 15 is 0 Å². The number of phenolic OH excluding ortho intramolecular Hbond substituents is 1. The molecule has 1 heterocycles. The molecular weight excluding hydrogens is 437 g/mol. The minimum atomic E-state index is -4.85. The van der Waals surface area contributed by atoms with Crippen LogP contribution in [0.4, 0.5) is 13.2 Å². The minimum absolute atomic E-state index is 0.00241. The molecule has 0 aliphatic rings. The van der Waals surface area contributed by atoms with Gasteiger partial charge in [0.1, 0.15) is 5.75 Å². The Labute approximate surface area is 179 Å². The molecule has 3 aromatic rings. The van der Waals surface area contributed by atoms with E-state index in [0.717, 1.165) is 6.20 Å². The predicted octanol–water partition coefficient (Wildman–Crippen LogP) is 3.41. The van der Waals surface area contributed by atoms with Gasteiger partial charge in [0.05, 0.1) is 17.4 Å². The van der Waals surface area contributed by atoms with Crippen molar-refractivity contribution in [1.82, 2.24) is 20.4 Å². The number of halogens is 4. The number of alkyl halides is 3. The molecule has 0 bridgehead atoms. The molecule has 2 amide bonds. The molecule has 0 saturated carbocycles. The van der Waals surface area contributed by atoms with Crippen molar-refractivity contribution in [1.29, 1.82) is 0 Å². The summed E-state index contributed by atoms with van der Waals surface area (Å²) in [5, 5.41) is 18.0. The smallest absolute Gasteiger partial charge is 0.434 e. The number of carbonyl (C=O) groups excluding carboxylic acids is 2. The summed E-state index contributed by atoms with van der Waals surface area (Å²) in [6, 6.07) is 11.1. The summed E-state index contributed by atoms with van der Waals surface area (Å²) in [7, 11) is 0. The van der Waals surface area contributed by atoms with Crippen LogP contribution >= 0.6 is 11.6 Å². The molecule has 31 heavy (non-hydrogen) atoms. The molecule has 3 N–H and O–H groups in total. The molecule has 0 radical (unpaired) electrons. The third kappa shape index (κ3) is 5.34. The van der Waals surface area contributed by atoms with Gasteiger partial charge >= 0.3 is 6.18 Å². The van der Waals surface area contributed by atoms with E-state index in [1.54, 1.807) is 0 Å². The zero-order chi connectivity index (χ0) is 22.6. The van der Waals surface area contributed by atoms with Crippen LogP contribution in [0.3, 0.4) is 0 Å². The van der Waals surface area contributed by atoms with Crippen LogP contribution in [0.5, 0.6) is 5.75 Å². The first-order valence-electron chi connectivity index (χ1n) is 8.93. The van der Waals surface area contributed by atoms with Gasteiger partial charge in [-0.3, -0.25) is 9.59 Å². The molecule has 7 nitrogen and oxygen atoms in total. The van der Waals surface area contributed by atoms with Crippen LogP contribution in [0.2, 0.25) is 5.02 Å². The zero-order valence-corrected chi connectivity index (χ0v) is 16.5. The van der Waals surface area contributed by atoms with Crippen LogP contribution in [0.25, 0.3) is 5.69 Å². The number of phenols is 1. The zero-order valence-electron chi connectivity index (χ0n) is 15.8. The van der Waals surface area contributed by atoms with Crippen LogP contribution in [0.15, 0.2) is 54.7 Å². The number of carbonyl (C=O) groups is 2. The summed E-state index contributed by atoms with van der Waals surface area (Å²) in [6.07, 6.45) is -4.02. The summed E-state index contributed by atoms with van der Waals surface area (Å²) < 4.78 is 41.6. The van der Waals surface area contributed by atoms with Gasteiger partial charge in [-0.2, -0.15) is 18.3 Å². The maximum Gasteiger partial charge on any atom is 0.434 e. The van der Waals surface area contributed by atoms with Gasteiger partial charge < -0.3 is 15.7 Å². The van der Waals surface area contributed by atoms with E-state index in [0.29, 0.717) is 4.68 Å². The summed E-state index contributed by atoms with van der Waals surface area (Å²) in [4.78, 5) is 24.3. The van der Waals surface area contributed by atoms with Crippen molar-refractivity contribution in [2.75, 3.05) is 13.1 Å². The van der Waals surface area contributed by atoms with Crippen LogP contribution in [-0.2, 0) is 6.18 Å². The number of benzene rings is 2. The highest BCUT2D eigenvalue weighted by Gasteiger charge is 2.40. The highest BCUT2D eigenvalue weighted by molar-refractivity contribution is 6.30. The fourth-order valence-electron chi connectivity index (χ4n) is 2.75. The van der Waals surface area contributed by atoms with Crippen molar-refractivity contribution >= 4 is 23.4 Å². The molecule has 1 aromatic heterocycles. The lowest BCUT2D eigenvalue weighted by atomic mass is 10.2. The third-order valence-corrected chi connectivity index (χ3v) is 4.40. The highest BCUT2D eigenvalue weighted by atomic mass is 35.5. The van der Waals surface area contributed by atoms with E-state index < -0.39 is 29.2 Å². The Morgan fingerprint density at radius 1 is 1.03 bits per heavy atom. The van der Waals surface area contributed by atoms with Crippen molar-refractivity contribution < 1.29 is 27.9 Å². The van der Waals surface area contributed by atoms with Gasteiger partial charge in [-0.1, -0.05) is 17.7 Å². The largest absolute Gasteiger partial charge is 0.508 e. The SMILES string of the molecule is O=C(NCCNC(=O)c1cnn(-c2cccc(Cl)c2)c1C(F)(F)F)c1ccc(O)cc1. The van der Waals surface area contributed by atoms with E-state index in [4.69, 9.17) is 11.6 Å². The fraction of sp³-hybridized carbons (Fsp3) is 0.150. The van der Waals surface area contributed by atoms with Crippen molar-refractivity contribution in [3.63, 3.8) is 0 Å². The Hall–Kier alpha value is -3.53. The van der Waals surface area contributed by atoms with Gasteiger partial charge in [0, 0.05) is 23.7 Å². The van der Waals surface area contributed by atoms with E-state index in [-0.39, 0.29) is 35.1 Å². The normalized spacial score (nSPS) is 11.2. The summed E-state index contributed by atoms with van der Waals surface area (Å²) in [6.45, 7) is -0.127. The Morgan fingerprint density at radius 2 is 1.68 bits per heavy atom. The third-order valence-electron chi connectivity index (χ3n) is 4.16. The molecule has 0 atom stereocenters. The quantitative estimate of drug-likeness (QED) is 0.499. The van der Waals surface area contributed by atoms with Gasteiger partial charge in [0.15, 0.2) is 5.69 Å². The van der Waals surface area contributed by atoms with Crippen LogP contribution < -0.4 is 10.6 Å². The number of hydrogen-bond donors (Lipinski definition) is 3. The number of nitrogens with zero attached hydrogens (tertiary/aromatic N) is 2. The van der Waals surface area contributed by atoms with E-state index in [9.17, 15) is 27.9 Å². The molecule has 0 saturated heterocycles. The number of rotatable bonds is 6. The second kappa shape index (κ2) is 9.09. The van der Waals surface area contributed by atoms with Crippen molar-refractivity contribution in [2.45, 2.75) is 6.18 Å². The lowest BCUT2D eigenvalue weighted by Crippen LogP contribution is -2.35. The summed E-state index contributed by atoms with van der Waals surface area (Å²) in [5.41, 5.74) is -1.55. The molecule has 11 heteroatoms. The molecule has 0 aliphatic heterocycles. The second-order valence-electron chi connectivity index (χ2n) is 6.35. The standard InChI is InChI=1S/C20H16ClF3N4O3/c21-13-2-1-3-14(10-13)28-17(20(22,23)24)16(11-27-28)19(31)26-9-8-25-18(30)12-4-6-15(29)7-5-12/h1-7,10-11,29H,8-9H2,(H,25,30)(H,26,31). The first-order valence-corrected chi connectivity index (χ1v) is 9.31. The topological polar surface area (TPSA) is 96.3 Å². The Balaban J connectivity index is 1.67. The second-order valence-corrected chi connectivity index (χ2v) is 6.79. The van der Waals surface area contributed by atoms with Crippen molar-refractivity contribution in [3.05, 3.63) is 76.6 Å². The van der Waals surface area contributed by atoms with E-state index in [2.05, 4.69) is 15.7 Å². The highest BCUT2D eigenvalue weighted by Crippen LogP contribution is 2.34. The Morgan fingerprint density at radius 3 is 2.29 bits per heavy atom. The van der Waals surface area contributed by atoms with Crippen LogP contribution in [0, 0.1) is 0 Å². The Bertz CT molecular complexity index is 1100. The average molecular weight is 453 g/mol. The maximum absolute atomic E-state index is 13.7. The molecular formula is C20H16ClF3N4O3. The first-order chi connectivity index (χ1) is 14.7. The van der Waals surface area contributed by atoms with Gasteiger partial charge in [-0.15, -0.1) is 0 Å². The van der Waals surface area contributed by atoms with Crippen molar-refractivity contribution in [2.24, 2.45) is 0 Å². The van der Waals surface area contributed by atoms with Gasteiger partial charge in [0.2, 0.25) is 0 Å². The Kier molecular flexibility index (Phi) is 6.50. The average Bonchev–Trinajstić information content (AvgIpc) is 3.17. The monoisotopic (exact) mass is 452 g/mol. The number of aromatic nitrogens is 2. The maximum atomic E-state index is 13.7. The number of hydrogen-bond acceptors (Lipinski definition) is 4. The summed E-state index contributed by atoms with van der Waals surface area (Å²) >= 11 is 5.84. The first kappa shape index (κ1) is 22.2. The van der Waals surface area contributed by atoms with Gasteiger partial charge in [0.25, 0.3) is 11.8 Å². The van der Waals surface area contributed by atoms with Crippen LogP contribution in [0.1, 0.15) is 26.4 Å². The van der Waals surface area contributed by atoms with Crippen molar-refractivity contribution in [3.8, 4) is 11.4 Å². The summed E-state index contributed by atoms with van der Waals surface area (Å²) in [5.74, 6) is -1.44. The molecule has 0 spiro atoms. The number of amides is 2. The van der Waals surface area contributed by atoms with Crippen LogP contribution in [-0.4, -0.2) is 39.8 Å². The molecule has 0 aliphatic carbocycles. The van der Waals surface area contributed by atoms with E-state index in [1.165, 1.54) is 48.5 Å². The molecule has 2 aromatic carbocycles. The number of nitrogens with one attached hydrogen (secondary N) is 2. The van der Waals surface area contributed by atoms with Gasteiger partial charge in [-0.25, -0.2) is 4.68 Å². The molecule has 0 fully saturated rings.